The van der Waals surface area contributed by atoms with E-state index in [2.05, 4.69) is 26.0 Å². The molecule has 120 valence electrons. The molecule has 5 heteroatoms. The van der Waals surface area contributed by atoms with Crippen LogP contribution >= 0.6 is 23.2 Å². The van der Waals surface area contributed by atoms with E-state index < -0.39 is 0 Å². The Morgan fingerprint density at radius 3 is 1.59 bits per heavy atom. The zero-order valence-electron chi connectivity index (χ0n) is 13.0. The van der Waals surface area contributed by atoms with Crippen LogP contribution in [0.4, 0.5) is 0 Å². The van der Waals surface area contributed by atoms with Crippen LogP contribution in [0.2, 0.25) is 0 Å². The van der Waals surface area contributed by atoms with Gasteiger partial charge in [0, 0.05) is 67.7 Å². The average Bonchev–Trinajstić information content (AvgIpc) is 2.97. The second-order valence-corrected chi connectivity index (χ2v) is 6.90. The number of rotatable bonds is 6. The van der Waals surface area contributed by atoms with Crippen LogP contribution in [0, 0.1) is 5.41 Å². The maximum atomic E-state index is 9.27. The summed E-state index contributed by atoms with van der Waals surface area (Å²) in [5.74, 6) is 0. The van der Waals surface area contributed by atoms with Crippen LogP contribution in [0.25, 0.3) is 0 Å². The predicted molar refractivity (Wildman–Crippen MR) is 88.3 cm³/mol. The fourth-order valence-electron chi connectivity index (χ4n) is 3.34. The molecule has 0 atom stereocenters. The fraction of sp³-hybridized carbons (Fsp3) is 0.529. The maximum Gasteiger partial charge on any atom is 0.0471 e. The van der Waals surface area contributed by atoms with Crippen molar-refractivity contribution in [3.05, 3.63) is 44.5 Å². The van der Waals surface area contributed by atoms with E-state index in [9.17, 15) is 10.2 Å². The Labute approximate surface area is 161 Å². The van der Waals surface area contributed by atoms with Gasteiger partial charge in [-0.2, -0.15) is 0 Å². The zero-order chi connectivity index (χ0) is 15.6. The van der Waals surface area contributed by atoms with Crippen molar-refractivity contribution in [2.24, 2.45) is 5.41 Å². The first-order chi connectivity index (χ1) is 9.93. The molecule has 0 amide bonds. The molecule has 0 radical (unpaired) electrons. The van der Waals surface area contributed by atoms with Crippen molar-refractivity contribution in [2.75, 3.05) is 13.2 Å². The Kier molecular flexibility index (Phi) is 7.82. The van der Waals surface area contributed by atoms with Crippen molar-refractivity contribution < 1.29 is 36.4 Å². The number of hydrogen-bond donors (Lipinski definition) is 2. The minimum atomic E-state index is -0.220. The summed E-state index contributed by atoms with van der Waals surface area (Å²) in [5, 5.41) is 20.2. The third-order valence-corrected chi connectivity index (χ3v) is 5.11. The van der Waals surface area contributed by atoms with E-state index in [1.807, 2.05) is 0 Å². The normalized spacial score (nSPS) is 18.6. The van der Waals surface area contributed by atoms with E-state index in [4.69, 9.17) is 23.2 Å². The van der Waals surface area contributed by atoms with Crippen LogP contribution in [0.5, 0.6) is 0 Å². The summed E-state index contributed by atoms with van der Waals surface area (Å²) in [6.07, 6.45) is 6.92. The standard InChI is InChI=1S/C17H22Cl2O2.Zr/c1-17(2,13-3-5-15(18)11(13)7-9-20)14-4-6-16(19)12(14)8-10-21;/h3-4,20-21H,5-10H2,1-2H3;. The van der Waals surface area contributed by atoms with Crippen molar-refractivity contribution in [2.45, 2.75) is 39.5 Å². The molecule has 0 spiro atoms. The Hall–Kier alpha value is 0.343. The first-order valence-corrected chi connectivity index (χ1v) is 8.07. The molecular formula is C17H22Cl2O2Zr. The summed E-state index contributed by atoms with van der Waals surface area (Å²) in [7, 11) is 0. The first-order valence-electron chi connectivity index (χ1n) is 7.32. The summed E-state index contributed by atoms with van der Waals surface area (Å²) < 4.78 is 0. The second-order valence-electron chi connectivity index (χ2n) is 5.98. The van der Waals surface area contributed by atoms with Gasteiger partial charge in [-0.1, -0.05) is 49.2 Å². The quantitative estimate of drug-likeness (QED) is 0.668. The van der Waals surface area contributed by atoms with Gasteiger partial charge in [0.25, 0.3) is 0 Å². The van der Waals surface area contributed by atoms with Gasteiger partial charge in [0.1, 0.15) is 0 Å². The van der Waals surface area contributed by atoms with Crippen LogP contribution in [-0.4, -0.2) is 23.4 Å². The molecule has 0 heterocycles. The molecule has 2 nitrogen and oxygen atoms in total. The Morgan fingerprint density at radius 2 is 1.27 bits per heavy atom. The molecule has 0 aromatic heterocycles. The molecule has 0 saturated carbocycles. The molecular weight excluding hydrogens is 398 g/mol. The molecule has 0 unspecified atom stereocenters. The third kappa shape index (κ3) is 3.87. The summed E-state index contributed by atoms with van der Waals surface area (Å²) in [5.41, 5.74) is 4.24. The molecule has 2 aliphatic rings. The summed E-state index contributed by atoms with van der Waals surface area (Å²) >= 11 is 12.6. The second kappa shape index (κ2) is 8.44. The van der Waals surface area contributed by atoms with Crippen LogP contribution in [0.15, 0.2) is 44.5 Å². The van der Waals surface area contributed by atoms with Crippen LogP contribution in [0.3, 0.4) is 0 Å². The van der Waals surface area contributed by atoms with Gasteiger partial charge in [0.2, 0.25) is 0 Å². The predicted octanol–water partition coefficient (Wildman–Crippen LogP) is 4.42. The van der Waals surface area contributed by atoms with Gasteiger partial charge in [0.05, 0.1) is 0 Å². The number of aliphatic hydroxyl groups excluding tert-OH is 2. The van der Waals surface area contributed by atoms with Gasteiger partial charge in [-0.15, -0.1) is 0 Å². The third-order valence-electron chi connectivity index (χ3n) is 4.35. The largest absolute Gasteiger partial charge is 0.396 e. The maximum absolute atomic E-state index is 9.27. The van der Waals surface area contributed by atoms with E-state index >= 15 is 0 Å². The summed E-state index contributed by atoms with van der Waals surface area (Å²) in [4.78, 5) is 0. The topological polar surface area (TPSA) is 40.5 Å². The van der Waals surface area contributed by atoms with Gasteiger partial charge in [0.15, 0.2) is 0 Å². The van der Waals surface area contributed by atoms with Gasteiger partial charge in [-0.25, -0.2) is 0 Å². The number of aliphatic hydroxyl groups is 2. The van der Waals surface area contributed by atoms with Crippen LogP contribution in [-0.2, 0) is 26.2 Å². The minimum absolute atomic E-state index is 0. The van der Waals surface area contributed by atoms with E-state index in [0.29, 0.717) is 12.8 Å². The SMILES string of the molecule is CC(C)(C1=CCC(Cl)=C1CCO)C1=CCC(Cl)=C1CCO.[Zr]. The number of allylic oxidation sites excluding steroid dienone is 6. The molecule has 0 bridgehead atoms. The average molecular weight is 420 g/mol. The molecule has 22 heavy (non-hydrogen) atoms. The molecule has 0 aromatic carbocycles. The molecule has 2 aliphatic carbocycles. The van der Waals surface area contributed by atoms with Crippen LogP contribution in [0.1, 0.15) is 39.5 Å². The summed E-state index contributed by atoms with van der Waals surface area (Å²) in [6.45, 7) is 4.50. The molecule has 0 saturated heterocycles. The number of halogens is 2. The number of hydrogen-bond acceptors (Lipinski definition) is 2. The Bertz CT molecular complexity index is 509. The van der Waals surface area contributed by atoms with Crippen molar-refractivity contribution in [1.82, 2.24) is 0 Å². The Morgan fingerprint density at radius 1 is 0.909 bits per heavy atom. The van der Waals surface area contributed by atoms with Crippen molar-refractivity contribution in [3.63, 3.8) is 0 Å². The fourth-order valence-corrected chi connectivity index (χ4v) is 3.89. The molecule has 2 N–H and O–H groups in total. The monoisotopic (exact) mass is 418 g/mol. The van der Waals surface area contributed by atoms with Crippen molar-refractivity contribution in [3.8, 4) is 0 Å². The van der Waals surface area contributed by atoms with E-state index in [1.54, 1.807) is 0 Å². The smallest absolute Gasteiger partial charge is 0.0471 e. The van der Waals surface area contributed by atoms with Crippen molar-refractivity contribution in [1.29, 1.82) is 0 Å². The van der Waals surface area contributed by atoms with Gasteiger partial charge < -0.3 is 10.2 Å². The minimum Gasteiger partial charge on any atom is -0.396 e. The zero-order valence-corrected chi connectivity index (χ0v) is 17.0. The van der Waals surface area contributed by atoms with E-state index in [1.165, 1.54) is 11.1 Å². The molecule has 0 fully saturated rings. The first kappa shape index (κ1) is 20.4. The Balaban J connectivity index is 0.00000242. The van der Waals surface area contributed by atoms with Gasteiger partial charge in [-0.3, -0.25) is 0 Å². The van der Waals surface area contributed by atoms with E-state index in [0.717, 1.165) is 34.1 Å². The summed E-state index contributed by atoms with van der Waals surface area (Å²) in [6, 6.07) is 0. The molecule has 2 rings (SSSR count). The van der Waals surface area contributed by atoms with Crippen molar-refractivity contribution >= 4 is 23.2 Å². The molecule has 0 aliphatic heterocycles. The van der Waals surface area contributed by atoms with Gasteiger partial charge >= 0.3 is 0 Å². The van der Waals surface area contributed by atoms with Gasteiger partial charge in [-0.05, 0) is 35.1 Å². The van der Waals surface area contributed by atoms with E-state index in [-0.39, 0.29) is 44.8 Å². The van der Waals surface area contributed by atoms with Crippen LogP contribution < -0.4 is 0 Å². The molecule has 0 aromatic rings.